The second-order valence-corrected chi connectivity index (χ2v) is 7.55. The van der Waals surface area contributed by atoms with Gasteiger partial charge in [0.05, 0.1) is 29.8 Å². The SMILES string of the molecule is Cc1cccc(-c2nc(CNc3ccccc3F)cn2-c2ccc3ncc(C(N)=O)n3c2)n1. The number of nitrogens with two attached hydrogens (primary N) is 1. The van der Waals surface area contributed by atoms with Gasteiger partial charge in [0.15, 0.2) is 5.82 Å². The fourth-order valence-electron chi connectivity index (χ4n) is 3.64. The van der Waals surface area contributed by atoms with Crippen molar-refractivity contribution in [3.63, 3.8) is 0 Å². The van der Waals surface area contributed by atoms with Crippen molar-refractivity contribution >= 4 is 17.2 Å². The van der Waals surface area contributed by atoms with Crippen LogP contribution in [0.15, 0.2) is 73.2 Å². The van der Waals surface area contributed by atoms with Crippen LogP contribution in [0.5, 0.6) is 0 Å². The predicted molar refractivity (Wildman–Crippen MR) is 123 cm³/mol. The molecule has 0 aliphatic heterocycles. The van der Waals surface area contributed by atoms with Crippen LogP contribution in [-0.2, 0) is 6.54 Å². The second-order valence-electron chi connectivity index (χ2n) is 7.55. The zero-order valence-electron chi connectivity index (χ0n) is 17.7. The fraction of sp³-hybridized carbons (Fsp3) is 0.0833. The first-order chi connectivity index (χ1) is 16.0. The molecule has 5 rings (SSSR count). The van der Waals surface area contributed by atoms with Gasteiger partial charge in [0, 0.05) is 18.1 Å². The van der Waals surface area contributed by atoms with E-state index in [0.29, 0.717) is 35.1 Å². The number of fused-ring (bicyclic) bond motifs is 1. The second kappa shape index (κ2) is 8.19. The van der Waals surface area contributed by atoms with Crippen LogP contribution in [-0.4, -0.2) is 29.8 Å². The highest BCUT2D eigenvalue weighted by molar-refractivity contribution is 5.91. The van der Waals surface area contributed by atoms with Crippen LogP contribution < -0.4 is 11.1 Å². The largest absolute Gasteiger partial charge is 0.377 e. The Morgan fingerprint density at radius 1 is 1.06 bits per heavy atom. The molecule has 0 atom stereocenters. The Balaban J connectivity index is 1.59. The standard InChI is InChI=1S/C24H20FN7O/c1-15-5-4-8-20(29-15)24-30-16(11-27-19-7-3-2-6-18(19)25)13-31(24)17-9-10-22-28-12-21(23(26)33)32(22)14-17/h2-10,12-14,27H,11H2,1H3,(H2,26,33). The molecule has 33 heavy (non-hydrogen) atoms. The Morgan fingerprint density at radius 2 is 1.91 bits per heavy atom. The number of primary amides is 1. The molecule has 9 heteroatoms. The summed E-state index contributed by atoms with van der Waals surface area (Å²) in [5.41, 5.74) is 9.75. The number of hydrogen-bond acceptors (Lipinski definition) is 5. The highest BCUT2D eigenvalue weighted by atomic mass is 19.1. The molecule has 0 fully saturated rings. The number of para-hydroxylation sites is 1. The fourth-order valence-corrected chi connectivity index (χ4v) is 3.64. The first-order valence-corrected chi connectivity index (χ1v) is 10.3. The van der Waals surface area contributed by atoms with Crippen molar-refractivity contribution < 1.29 is 9.18 Å². The van der Waals surface area contributed by atoms with Crippen molar-refractivity contribution in [3.8, 4) is 17.2 Å². The number of imidazole rings is 2. The number of amides is 1. The highest BCUT2D eigenvalue weighted by Crippen LogP contribution is 2.24. The minimum absolute atomic E-state index is 0.281. The lowest BCUT2D eigenvalue weighted by molar-refractivity contribution is 0.0994. The number of anilines is 1. The van der Waals surface area contributed by atoms with Crippen molar-refractivity contribution in [2.75, 3.05) is 5.32 Å². The van der Waals surface area contributed by atoms with E-state index in [0.717, 1.165) is 11.4 Å². The van der Waals surface area contributed by atoms with Crippen molar-refractivity contribution in [2.24, 2.45) is 5.73 Å². The van der Waals surface area contributed by atoms with Crippen LogP contribution in [0.4, 0.5) is 10.1 Å². The molecule has 4 aromatic heterocycles. The zero-order chi connectivity index (χ0) is 22.9. The summed E-state index contributed by atoms with van der Waals surface area (Å²) in [7, 11) is 0. The molecule has 1 aromatic carbocycles. The Labute approximate surface area is 188 Å². The maximum atomic E-state index is 14.0. The number of aryl methyl sites for hydroxylation is 1. The Hall–Kier alpha value is -4.53. The summed E-state index contributed by atoms with van der Waals surface area (Å²) in [6.45, 7) is 2.22. The van der Waals surface area contributed by atoms with Gasteiger partial charge >= 0.3 is 0 Å². The Kier molecular flexibility index (Phi) is 5.06. The lowest BCUT2D eigenvalue weighted by Crippen LogP contribution is -2.13. The van der Waals surface area contributed by atoms with Gasteiger partial charge in [0.25, 0.3) is 5.91 Å². The van der Waals surface area contributed by atoms with Crippen molar-refractivity contribution in [1.82, 2.24) is 23.9 Å². The quantitative estimate of drug-likeness (QED) is 0.418. The van der Waals surface area contributed by atoms with E-state index in [4.69, 9.17) is 10.7 Å². The van der Waals surface area contributed by atoms with E-state index in [-0.39, 0.29) is 11.5 Å². The lowest BCUT2D eigenvalue weighted by Gasteiger charge is -2.09. The number of rotatable bonds is 6. The van der Waals surface area contributed by atoms with Crippen molar-refractivity contribution in [2.45, 2.75) is 13.5 Å². The summed E-state index contributed by atoms with van der Waals surface area (Å²) in [5, 5.41) is 3.09. The average Bonchev–Trinajstić information content (AvgIpc) is 3.42. The van der Waals surface area contributed by atoms with E-state index in [9.17, 15) is 9.18 Å². The van der Waals surface area contributed by atoms with Gasteiger partial charge in [0.2, 0.25) is 0 Å². The molecule has 0 aliphatic carbocycles. The van der Waals surface area contributed by atoms with Gasteiger partial charge in [-0.1, -0.05) is 18.2 Å². The third-order valence-electron chi connectivity index (χ3n) is 5.23. The molecule has 5 aromatic rings. The minimum atomic E-state index is -0.569. The average molecular weight is 441 g/mol. The van der Waals surface area contributed by atoms with E-state index in [2.05, 4.69) is 15.3 Å². The molecule has 0 saturated carbocycles. The number of benzene rings is 1. The number of halogens is 1. The molecule has 4 heterocycles. The summed E-state index contributed by atoms with van der Waals surface area (Å²) >= 11 is 0. The predicted octanol–water partition coefficient (Wildman–Crippen LogP) is 3.74. The molecule has 0 radical (unpaired) electrons. The highest BCUT2D eigenvalue weighted by Gasteiger charge is 2.16. The summed E-state index contributed by atoms with van der Waals surface area (Å²) in [5.74, 6) is -0.285. The number of nitrogens with one attached hydrogen (secondary N) is 1. The van der Waals surface area contributed by atoms with E-state index in [1.54, 1.807) is 34.9 Å². The van der Waals surface area contributed by atoms with Crippen molar-refractivity contribution in [1.29, 1.82) is 0 Å². The van der Waals surface area contributed by atoms with Gasteiger partial charge in [0.1, 0.15) is 22.9 Å². The summed E-state index contributed by atoms with van der Waals surface area (Å²) in [6, 6.07) is 15.9. The Morgan fingerprint density at radius 3 is 2.70 bits per heavy atom. The summed E-state index contributed by atoms with van der Waals surface area (Å²) < 4.78 is 17.5. The van der Waals surface area contributed by atoms with E-state index in [1.165, 1.54) is 12.3 Å². The van der Waals surface area contributed by atoms with Gasteiger partial charge in [-0.25, -0.2) is 19.3 Å². The number of carbonyl (C=O) groups excluding carboxylic acids is 1. The molecule has 164 valence electrons. The van der Waals surface area contributed by atoms with Gasteiger partial charge in [-0.05, 0) is 43.3 Å². The number of nitrogens with zero attached hydrogens (tertiary/aromatic N) is 5. The topological polar surface area (TPSA) is 103 Å². The monoisotopic (exact) mass is 441 g/mol. The third-order valence-corrected chi connectivity index (χ3v) is 5.23. The number of carbonyl (C=O) groups is 1. The molecule has 0 spiro atoms. The molecule has 0 unspecified atom stereocenters. The first-order valence-electron chi connectivity index (χ1n) is 10.3. The minimum Gasteiger partial charge on any atom is -0.377 e. The van der Waals surface area contributed by atoms with Gasteiger partial charge in [-0.15, -0.1) is 0 Å². The van der Waals surface area contributed by atoms with E-state index < -0.39 is 5.91 Å². The molecule has 0 aliphatic rings. The molecule has 1 amide bonds. The Bertz CT molecular complexity index is 1490. The molecular weight excluding hydrogens is 421 g/mol. The maximum absolute atomic E-state index is 14.0. The number of aromatic nitrogens is 5. The smallest absolute Gasteiger partial charge is 0.267 e. The maximum Gasteiger partial charge on any atom is 0.267 e. The van der Waals surface area contributed by atoms with Crippen LogP contribution in [0.25, 0.3) is 22.9 Å². The zero-order valence-corrected chi connectivity index (χ0v) is 17.7. The molecule has 8 nitrogen and oxygen atoms in total. The molecular formula is C24H20FN7O. The van der Waals surface area contributed by atoms with Crippen LogP contribution in [0.1, 0.15) is 21.9 Å². The van der Waals surface area contributed by atoms with Gasteiger partial charge in [-0.3, -0.25) is 13.8 Å². The normalized spacial score (nSPS) is 11.1. The van der Waals surface area contributed by atoms with Crippen LogP contribution in [0, 0.1) is 12.7 Å². The van der Waals surface area contributed by atoms with Crippen LogP contribution in [0.3, 0.4) is 0 Å². The molecule has 0 bridgehead atoms. The number of pyridine rings is 2. The number of hydrogen-bond donors (Lipinski definition) is 2. The summed E-state index contributed by atoms with van der Waals surface area (Å²) in [4.78, 5) is 25.4. The molecule has 0 saturated heterocycles. The first kappa shape index (κ1) is 20.4. The van der Waals surface area contributed by atoms with E-state index in [1.807, 2.05) is 42.0 Å². The van der Waals surface area contributed by atoms with Crippen molar-refractivity contribution in [3.05, 3.63) is 96.1 Å². The van der Waals surface area contributed by atoms with Crippen LogP contribution in [0.2, 0.25) is 0 Å². The van der Waals surface area contributed by atoms with Gasteiger partial charge < -0.3 is 11.1 Å². The van der Waals surface area contributed by atoms with Gasteiger partial charge in [-0.2, -0.15) is 0 Å². The summed E-state index contributed by atoms with van der Waals surface area (Å²) in [6.07, 6.45) is 5.08. The molecule has 3 N–H and O–H groups in total. The lowest BCUT2D eigenvalue weighted by atomic mass is 10.3. The van der Waals surface area contributed by atoms with Crippen LogP contribution >= 0.6 is 0 Å². The van der Waals surface area contributed by atoms with E-state index >= 15 is 0 Å². The third kappa shape index (κ3) is 3.91.